The van der Waals surface area contributed by atoms with Gasteiger partial charge in [0.05, 0.1) is 6.54 Å². The number of nitrogens with zero attached hydrogens (tertiary/aromatic N) is 3. The lowest BCUT2D eigenvalue weighted by Gasteiger charge is -1.86. The smallest absolute Gasteiger partial charge is 0.359 e. The molecule has 70 valence electrons. The van der Waals surface area contributed by atoms with E-state index in [0.29, 0.717) is 6.54 Å². The minimum absolute atomic E-state index is 0.327. The first-order valence-electron chi connectivity index (χ1n) is 3.48. The molecule has 1 heterocycles. The molecule has 0 aromatic carbocycles. The zero-order chi connectivity index (χ0) is 10.0. The second-order valence-corrected chi connectivity index (χ2v) is 2.20. The molecule has 7 nitrogen and oxygen atoms in total. The van der Waals surface area contributed by atoms with Gasteiger partial charge in [-0.3, -0.25) is 0 Å². The second-order valence-electron chi connectivity index (χ2n) is 2.20. The number of aromatic nitrogens is 3. The van der Waals surface area contributed by atoms with Crippen LogP contribution in [0.25, 0.3) is 0 Å². The summed E-state index contributed by atoms with van der Waals surface area (Å²) in [4.78, 5) is 22.0. The maximum atomic E-state index is 10.5. The molecule has 1 aromatic rings. The van der Waals surface area contributed by atoms with Gasteiger partial charge in [0.2, 0.25) is 11.4 Å². The molecule has 0 saturated heterocycles. The van der Waals surface area contributed by atoms with Crippen molar-refractivity contribution in [3.05, 3.63) is 11.4 Å². The molecule has 0 atom stereocenters. The van der Waals surface area contributed by atoms with E-state index in [1.54, 1.807) is 6.92 Å². The van der Waals surface area contributed by atoms with Crippen molar-refractivity contribution in [2.45, 2.75) is 13.5 Å². The second kappa shape index (κ2) is 3.21. The lowest BCUT2D eigenvalue weighted by atomic mass is 10.3. The minimum atomic E-state index is -1.39. The zero-order valence-corrected chi connectivity index (χ0v) is 6.76. The van der Waals surface area contributed by atoms with E-state index in [-0.39, 0.29) is 0 Å². The highest BCUT2D eigenvalue weighted by atomic mass is 16.4. The summed E-state index contributed by atoms with van der Waals surface area (Å²) in [5, 5.41) is 24.0. The number of carboxylic acid groups (broad SMARTS) is 2. The lowest BCUT2D eigenvalue weighted by molar-refractivity contribution is 0.0644. The zero-order valence-electron chi connectivity index (χ0n) is 6.76. The van der Waals surface area contributed by atoms with Crippen LogP contribution in [-0.4, -0.2) is 37.1 Å². The van der Waals surface area contributed by atoms with Gasteiger partial charge in [-0.25, -0.2) is 9.59 Å². The van der Waals surface area contributed by atoms with E-state index in [0.717, 1.165) is 4.80 Å². The fraction of sp³-hybridized carbons (Fsp3) is 0.333. The predicted molar refractivity (Wildman–Crippen MR) is 39.6 cm³/mol. The summed E-state index contributed by atoms with van der Waals surface area (Å²) in [6.07, 6.45) is 0. The molecule has 0 fully saturated rings. The van der Waals surface area contributed by atoms with E-state index in [4.69, 9.17) is 10.2 Å². The maximum Gasteiger partial charge on any atom is 0.359 e. The maximum absolute atomic E-state index is 10.5. The molecule has 0 unspecified atom stereocenters. The summed E-state index contributed by atoms with van der Waals surface area (Å²) in [7, 11) is 0. The number of hydrogen-bond donors (Lipinski definition) is 2. The number of aryl methyl sites for hydroxylation is 1. The summed E-state index contributed by atoms with van der Waals surface area (Å²) < 4.78 is 0. The Labute approximate surface area is 72.6 Å². The van der Waals surface area contributed by atoms with Crippen molar-refractivity contribution >= 4 is 11.9 Å². The van der Waals surface area contributed by atoms with Crippen molar-refractivity contribution in [1.82, 2.24) is 15.0 Å². The highest BCUT2D eigenvalue weighted by Gasteiger charge is 2.22. The number of carbonyl (C=O) groups is 2. The van der Waals surface area contributed by atoms with Crippen LogP contribution in [0.4, 0.5) is 0 Å². The van der Waals surface area contributed by atoms with E-state index >= 15 is 0 Å². The number of rotatable bonds is 3. The molecular formula is C6H7N3O4. The van der Waals surface area contributed by atoms with Gasteiger partial charge in [-0.15, -0.1) is 10.2 Å². The third-order valence-corrected chi connectivity index (χ3v) is 1.34. The minimum Gasteiger partial charge on any atom is -0.476 e. The van der Waals surface area contributed by atoms with Crippen LogP contribution in [-0.2, 0) is 6.54 Å². The van der Waals surface area contributed by atoms with Gasteiger partial charge in [-0.05, 0) is 6.92 Å². The quantitative estimate of drug-likeness (QED) is 0.669. The average Bonchev–Trinajstić information content (AvgIpc) is 2.47. The summed E-state index contributed by atoms with van der Waals surface area (Å²) >= 11 is 0. The molecule has 0 aliphatic carbocycles. The van der Waals surface area contributed by atoms with Crippen LogP contribution in [0.2, 0.25) is 0 Å². The van der Waals surface area contributed by atoms with Crippen molar-refractivity contribution in [2.75, 3.05) is 0 Å². The van der Waals surface area contributed by atoms with Gasteiger partial charge >= 0.3 is 11.9 Å². The van der Waals surface area contributed by atoms with E-state index in [1.165, 1.54) is 0 Å². The Morgan fingerprint density at radius 3 is 1.85 bits per heavy atom. The predicted octanol–water partition coefficient (Wildman–Crippen LogP) is -0.306. The van der Waals surface area contributed by atoms with E-state index in [9.17, 15) is 9.59 Å². The average molecular weight is 185 g/mol. The third-order valence-electron chi connectivity index (χ3n) is 1.34. The van der Waals surface area contributed by atoms with Crippen LogP contribution in [0.5, 0.6) is 0 Å². The van der Waals surface area contributed by atoms with Crippen LogP contribution >= 0.6 is 0 Å². The summed E-state index contributed by atoms with van der Waals surface area (Å²) in [5.41, 5.74) is -1.07. The van der Waals surface area contributed by atoms with Gasteiger partial charge < -0.3 is 10.2 Å². The van der Waals surface area contributed by atoms with Crippen molar-refractivity contribution in [3.8, 4) is 0 Å². The Hall–Kier alpha value is -1.92. The summed E-state index contributed by atoms with van der Waals surface area (Å²) in [5.74, 6) is -2.78. The Kier molecular flexibility index (Phi) is 2.27. The Morgan fingerprint density at radius 1 is 1.23 bits per heavy atom. The SMILES string of the molecule is CCn1nc(C(=O)O)c(C(=O)O)n1. The molecule has 0 aliphatic rings. The van der Waals surface area contributed by atoms with Gasteiger partial charge in [-0.2, -0.15) is 4.80 Å². The van der Waals surface area contributed by atoms with Gasteiger partial charge in [0.15, 0.2) is 0 Å². The molecule has 0 amide bonds. The van der Waals surface area contributed by atoms with Crippen molar-refractivity contribution in [2.24, 2.45) is 0 Å². The first kappa shape index (κ1) is 9.17. The van der Waals surface area contributed by atoms with Crippen molar-refractivity contribution in [3.63, 3.8) is 0 Å². The molecular weight excluding hydrogens is 178 g/mol. The fourth-order valence-corrected chi connectivity index (χ4v) is 0.777. The third kappa shape index (κ3) is 1.63. The molecule has 0 aliphatic heterocycles. The van der Waals surface area contributed by atoms with Gasteiger partial charge in [0.1, 0.15) is 0 Å². The molecule has 0 saturated carbocycles. The molecule has 0 spiro atoms. The molecule has 0 bridgehead atoms. The topological polar surface area (TPSA) is 105 Å². The van der Waals surface area contributed by atoms with Gasteiger partial charge in [0.25, 0.3) is 0 Å². The molecule has 0 radical (unpaired) electrons. The summed E-state index contributed by atoms with van der Waals surface area (Å²) in [6, 6.07) is 0. The van der Waals surface area contributed by atoms with E-state index in [2.05, 4.69) is 10.2 Å². The lowest BCUT2D eigenvalue weighted by Crippen LogP contribution is -2.07. The Balaban J connectivity index is 3.23. The molecule has 2 N–H and O–H groups in total. The molecule has 7 heteroatoms. The Bertz CT molecular complexity index is 325. The first-order chi connectivity index (χ1) is 6.06. The van der Waals surface area contributed by atoms with E-state index < -0.39 is 23.3 Å². The number of hydrogen-bond acceptors (Lipinski definition) is 4. The van der Waals surface area contributed by atoms with Crippen LogP contribution in [0.15, 0.2) is 0 Å². The first-order valence-corrected chi connectivity index (χ1v) is 3.48. The van der Waals surface area contributed by atoms with Crippen LogP contribution in [0.1, 0.15) is 27.9 Å². The van der Waals surface area contributed by atoms with Gasteiger partial charge in [-0.1, -0.05) is 0 Å². The monoisotopic (exact) mass is 185 g/mol. The van der Waals surface area contributed by atoms with Crippen LogP contribution in [0.3, 0.4) is 0 Å². The van der Waals surface area contributed by atoms with Crippen LogP contribution < -0.4 is 0 Å². The van der Waals surface area contributed by atoms with Crippen molar-refractivity contribution < 1.29 is 19.8 Å². The normalized spacial score (nSPS) is 9.92. The van der Waals surface area contributed by atoms with Gasteiger partial charge in [0, 0.05) is 0 Å². The number of aromatic carboxylic acids is 2. The molecule has 1 rings (SSSR count). The molecule has 13 heavy (non-hydrogen) atoms. The van der Waals surface area contributed by atoms with Crippen molar-refractivity contribution in [1.29, 1.82) is 0 Å². The largest absolute Gasteiger partial charge is 0.476 e. The highest BCUT2D eigenvalue weighted by Crippen LogP contribution is 2.02. The summed E-state index contributed by atoms with van der Waals surface area (Å²) in [6.45, 7) is 2.00. The van der Waals surface area contributed by atoms with E-state index in [1.807, 2.05) is 0 Å². The van der Waals surface area contributed by atoms with Crippen LogP contribution in [0, 0.1) is 0 Å². The molecule has 1 aromatic heterocycles. The fourth-order valence-electron chi connectivity index (χ4n) is 0.777. The number of carboxylic acids is 2. The highest BCUT2D eigenvalue weighted by molar-refractivity contribution is 5.98. The Morgan fingerprint density at radius 2 is 1.62 bits per heavy atom. The standard InChI is InChI=1S/C6H7N3O4/c1-2-9-7-3(5(10)11)4(8-9)6(12)13/h2H2,1H3,(H,10,11)(H,12,13).